The highest BCUT2D eigenvalue weighted by molar-refractivity contribution is 5.80. The summed E-state index contributed by atoms with van der Waals surface area (Å²) in [5.41, 5.74) is 0.999. The van der Waals surface area contributed by atoms with Gasteiger partial charge in [-0.3, -0.25) is 4.57 Å². The van der Waals surface area contributed by atoms with Crippen molar-refractivity contribution in [2.45, 2.75) is 20.4 Å². The number of rotatable bonds is 1. The van der Waals surface area contributed by atoms with Gasteiger partial charge in [0.05, 0.1) is 18.4 Å². The molecule has 0 saturated heterocycles. The predicted octanol–water partition coefficient (Wildman–Crippen LogP) is 0.995. The van der Waals surface area contributed by atoms with Crippen LogP contribution in [0.5, 0.6) is 0 Å². The molecule has 1 aliphatic rings. The Balaban J connectivity index is 2.44. The molecule has 0 atom stereocenters. The molecule has 0 aromatic carbocycles. The Labute approximate surface area is 70.8 Å². The summed E-state index contributed by atoms with van der Waals surface area (Å²) in [6, 6.07) is 0.0579. The molecule has 0 N–H and O–H groups in total. The van der Waals surface area contributed by atoms with Gasteiger partial charge in [0, 0.05) is 6.54 Å². The lowest BCUT2D eigenvalue weighted by Crippen LogP contribution is -2.26. The molecule has 4 heteroatoms. The third-order valence-corrected chi connectivity index (χ3v) is 2.21. The Kier molecular flexibility index (Phi) is 1.43. The Hall–Kier alpha value is -1.32. The molecule has 0 bridgehead atoms. The highest BCUT2D eigenvalue weighted by atomic mass is 16.2. The van der Waals surface area contributed by atoms with Crippen LogP contribution in [0.4, 0.5) is 4.79 Å². The van der Waals surface area contributed by atoms with E-state index in [4.69, 9.17) is 0 Å². The van der Waals surface area contributed by atoms with Crippen LogP contribution in [0.2, 0.25) is 0 Å². The van der Waals surface area contributed by atoms with Crippen molar-refractivity contribution in [1.82, 2.24) is 14.5 Å². The van der Waals surface area contributed by atoms with E-state index in [-0.39, 0.29) is 6.03 Å². The van der Waals surface area contributed by atoms with Crippen LogP contribution in [0.3, 0.4) is 0 Å². The monoisotopic (exact) mass is 165 g/mol. The number of carbonyl (C=O) groups is 1. The zero-order chi connectivity index (χ0) is 8.72. The normalized spacial score (nSPS) is 15.5. The fourth-order valence-corrected chi connectivity index (χ4v) is 1.52. The molecule has 1 aliphatic heterocycles. The summed E-state index contributed by atoms with van der Waals surface area (Å²) >= 11 is 0. The smallest absolute Gasteiger partial charge is 0.318 e. The van der Waals surface area contributed by atoms with Crippen LogP contribution in [0.15, 0.2) is 6.20 Å². The maximum atomic E-state index is 11.6. The van der Waals surface area contributed by atoms with Gasteiger partial charge in [-0.1, -0.05) is 0 Å². The first-order chi connectivity index (χ1) is 5.74. The summed E-state index contributed by atoms with van der Waals surface area (Å²) in [5.74, 6) is 0.783. The molecule has 0 aliphatic carbocycles. The summed E-state index contributed by atoms with van der Waals surface area (Å²) in [7, 11) is 0. The van der Waals surface area contributed by atoms with E-state index >= 15 is 0 Å². The predicted molar refractivity (Wildman–Crippen MR) is 43.8 cm³/mol. The van der Waals surface area contributed by atoms with Crippen molar-refractivity contribution in [3.05, 3.63) is 17.7 Å². The molecule has 0 spiro atoms. The van der Waals surface area contributed by atoms with Crippen molar-refractivity contribution in [2.75, 3.05) is 6.54 Å². The number of imidazole rings is 1. The Bertz CT molecular complexity index is 329. The number of nitrogens with zero attached hydrogens (tertiary/aromatic N) is 3. The lowest BCUT2D eigenvalue weighted by atomic mass is 10.5. The molecule has 2 heterocycles. The van der Waals surface area contributed by atoms with Gasteiger partial charge in [-0.15, -0.1) is 0 Å². The number of carbonyl (C=O) groups excluding carboxylic acids is 1. The molecule has 0 saturated carbocycles. The lowest BCUT2D eigenvalue weighted by molar-refractivity contribution is 0.211. The standard InChI is InChI=1S/C8H11N3O/c1-3-10-5-7-4-9-6(2)11(7)8(10)12/h4H,3,5H2,1-2H3. The molecule has 64 valence electrons. The summed E-state index contributed by atoms with van der Waals surface area (Å²) in [6.07, 6.45) is 1.77. The van der Waals surface area contributed by atoms with E-state index in [0.717, 1.165) is 18.1 Å². The van der Waals surface area contributed by atoms with Gasteiger partial charge in [0.25, 0.3) is 0 Å². The summed E-state index contributed by atoms with van der Waals surface area (Å²) in [6.45, 7) is 5.30. The molecular formula is C8H11N3O. The second-order valence-electron chi connectivity index (χ2n) is 2.93. The largest absolute Gasteiger partial charge is 0.330 e. The molecule has 1 amide bonds. The van der Waals surface area contributed by atoms with Gasteiger partial charge in [0.15, 0.2) is 0 Å². The van der Waals surface area contributed by atoms with Crippen molar-refractivity contribution in [1.29, 1.82) is 0 Å². The van der Waals surface area contributed by atoms with E-state index < -0.39 is 0 Å². The van der Waals surface area contributed by atoms with E-state index in [1.807, 2.05) is 13.8 Å². The van der Waals surface area contributed by atoms with Crippen LogP contribution in [-0.2, 0) is 6.54 Å². The van der Waals surface area contributed by atoms with Crippen molar-refractivity contribution in [2.24, 2.45) is 0 Å². The number of fused-ring (bicyclic) bond motifs is 1. The second kappa shape index (κ2) is 2.33. The number of amides is 1. The van der Waals surface area contributed by atoms with E-state index in [9.17, 15) is 4.79 Å². The van der Waals surface area contributed by atoms with Gasteiger partial charge >= 0.3 is 6.03 Å². The highest BCUT2D eigenvalue weighted by Gasteiger charge is 2.27. The fourth-order valence-electron chi connectivity index (χ4n) is 1.52. The van der Waals surface area contributed by atoms with Gasteiger partial charge in [-0.2, -0.15) is 0 Å². The SMILES string of the molecule is CCN1Cc2cnc(C)n2C1=O. The van der Waals surface area contributed by atoms with Crippen molar-refractivity contribution >= 4 is 6.03 Å². The fraction of sp³-hybridized carbons (Fsp3) is 0.500. The summed E-state index contributed by atoms with van der Waals surface area (Å²) < 4.78 is 1.67. The quantitative estimate of drug-likeness (QED) is 0.622. The molecule has 2 rings (SSSR count). The number of hydrogen-bond acceptors (Lipinski definition) is 2. The zero-order valence-corrected chi connectivity index (χ0v) is 7.24. The highest BCUT2D eigenvalue weighted by Crippen LogP contribution is 2.17. The van der Waals surface area contributed by atoms with Gasteiger partial charge in [-0.25, -0.2) is 9.78 Å². The van der Waals surface area contributed by atoms with Crippen molar-refractivity contribution in [3.8, 4) is 0 Å². The molecule has 0 fully saturated rings. The maximum Gasteiger partial charge on any atom is 0.330 e. The first-order valence-electron chi connectivity index (χ1n) is 4.06. The number of aryl methyl sites for hydroxylation is 1. The minimum absolute atomic E-state index is 0.0579. The lowest BCUT2D eigenvalue weighted by Gasteiger charge is -2.10. The van der Waals surface area contributed by atoms with Gasteiger partial charge < -0.3 is 4.90 Å². The van der Waals surface area contributed by atoms with E-state index in [2.05, 4.69) is 4.98 Å². The van der Waals surface area contributed by atoms with Crippen molar-refractivity contribution in [3.63, 3.8) is 0 Å². The molecular weight excluding hydrogens is 154 g/mol. The molecule has 12 heavy (non-hydrogen) atoms. The molecule has 1 aromatic heterocycles. The zero-order valence-electron chi connectivity index (χ0n) is 7.24. The first kappa shape index (κ1) is 7.34. The van der Waals surface area contributed by atoms with Crippen LogP contribution in [-0.4, -0.2) is 27.0 Å². The van der Waals surface area contributed by atoms with Gasteiger partial charge in [0.1, 0.15) is 5.82 Å². The third-order valence-electron chi connectivity index (χ3n) is 2.21. The van der Waals surface area contributed by atoms with Crippen LogP contribution >= 0.6 is 0 Å². The summed E-state index contributed by atoms with van der Waals surface area (Å²) in [5, 5.41) is 0. The minimum atomic E-state index is 0.0579. The molecule has 1 aromatic rings. The number of aromatic nitrogens is 2. The Morgan fingerprint density at radius 3 is 3.00 bits per heavy atom. The van der Waals surface area contributed by atoms with E-state index in [1.165, 1.54) is 0 Å². The average Bonchev–Trinajstić information content (AvgIpc) is 2.55. The minimum Gasteiger partial charge on any atom is -0.318 e. The third kappa shape index (κ3) is 0.776. The van der Waals surface area contributed by atoms with Crippen LogP contribution in [0.1, 0.15) is 18.4 Å². The first-order valence-corrected chi connectivity index (χ1v) is 4.06. The van der Waals surface area contributed by atoms with E-state index in [1.54, 1.807) is 15.7 Å². The topological polar surface area (TPSA) is 38.1 Å². The van der Waals surface area contributed by atoms with Crippen molar-refractivity contribution < 1.29 is 4.79 Å². The summed E-state index contributed by atoms with van der Waals surface area (Å²) in [4.78, 5) is 17.4. The van der Waals surface area contributed by atoms with Crippen LogP contribution in [0.25, 0.3) is 0 Å². The maximum absolute atomic E-state index is 11.6. The Morgan fingerprint density at radius 2 is 2.42 bits per heavy atom. The van der Waals surface area contributed by atoms with Gasteiger partial charge in [-0.05, 0) is 13.8 Å². The van der Waals surface area contributed by atoms with Crippen LogP contribution < -0.4 is 0 Å². The molecule has 0 unspecified atom stereocenters. The van der Waals surface area contributed by atoms with Crippen LogP contribution in [0, 0.1) is 6.92 Å². The number of hydrogen-bond donors (Lipinski definition) is 0. The van der Waals surface area contributed by atoms with E-state index in [0.29, 0.717) is 6.54 Å². The molecule has 4 nitrogen and oxygen atoms in total. The molecule has 0 radical (unpaired) electrons. The average molecular weight is 165 g/mol. The second-order valence-corrected chi connectivity index (χ2v) is 2.93. The Morgan fingerprint density at radius 1 is 1.67 bits per heavy atom. The van der Waals surface area contributed by atoms with Gasteiger partial charge in [0.2, 0.25) is 0 Å².